The molecule has 2 unspecified atom stereocenters. The summed E-state index contributed by atoms with van der Waals surface area (Å²) in [5, 5.41) is 2.88. The lowest BCUT2D eigenvalue weighted by Gasteiger charge is -2.49. The van der Waals surface area contributed by atoms with E-state index in [1.165, 1.54) is 0 Å². The Hall–Kier alpha value is -1.10. The third-order valence-corrected chi connectivity index (χ3v) is 4.25. The Morgan fingerprint density at radius 1 is 1.16 bits per heavy atom. The third-order valence-electron chi connectivity index (χ3n) is 4.25. The zero-order chi connectivity index (χ0) is 14.7. The molecule has 1 fully saturated rings. The van der Waals surface area contributed by atoms with Crippen LogP contribution in [0.3, 0.4) is 0 Å². The molecule has 0 aromatic heterocycles. The predicted molar refractivity (Wildman–Crippen MR) is 73.7 cm³/mol. The number of hydrogen-bond acceptors (Lipinski definition) is 3. The lowest BCUT2D eigenvalue weighted by Crippen LogP contribution is -2.74. The molecule has 2 atom stereocenters. The minimum Gasteiger partial charge on any atom is -0.380 e. The summed E-state index contributed by atoms with van der Waals surface area (Å²) in [5.74, 6) is -0.0888. The highest BCUT2D eigenvalue weighted by atomic mass is 16.5. The summed E-state index contributed by atoms with van der Waals surface area (Å²) in [5.41, 5.74) is -1.57. The van der Waals surface area contributed by atoms with Crippen molar-refractivity contribution in [3.05, 3.63) is 0 Å². The number of nitrogens with one attached hydrogen (secondary N) is 1. The quantitative estimate of drug-likeness (QED) is 0.741. The molecule has 0 aromatic carbocycles. The van der Waals surface area contributed by atoms with Gasteiger partial charge in [0.15, 0.2) is 0 Å². The van der Waals surface area contributed by atoms with Crippen molar-refractivity contribution < 1.29 is 14.3 Å². The van der Waals surface area contributed by atoms with Crippen molar-refractivity contribution in [2.75, 3.05) is 19.8 Å². The van der Waals surface area contributed by atoms with Gasteiger partial charge in [0.25, 0.3) is 0 Å². The highest BCUT2D eigenvalue weighted by Gasteiger charge is 2.52. The van der Waals surface area contributed by atoms with Crippen molar-refractivity contribution in [1.82, 2.24) is 10.2 Å². The third kappa shape index (κ3) is 2.76. The van der Waals surface area contributed by atoms with E-state index in [1.807, 2.05) is 27.7 Å². The first-order valence-corrected chi connectivity index (χ1v) is 7.08. The Balaban J connectivity index is 3.01. The first-order valence-electron chi connectivity index (χ1n) is 7.08. The molecular formula is C14H26N2O3. The fourth-order valence-corrected chi connectivity index (χ4v) is 2.32. The Morgan fingerprint density at radius 3 is 2.26 bits per heavy atom. The number of ether oxygens (including phenoxy) is 1. The highest BCUT2D eigenvalue weighted by Crippen LogP contribution is 2.30. The van der Waals surface area contributed by atoms with Crippen LogP contribution in [0.2, 0.25) is 0 Å². The Bertz CT molecular complexity index is 359. The van der Waals surface area contributed by atoms with Gasteiger partial charge in [0, 0.05) is 13.2 Å². The van der Waals surface area contributed by atoms with Crippen LogP contribution >= 0.6 is 0 Å². The van der Waals surface area contributed by atoms with Crippen LogP contribution in [-0.4, -0.2) is 47.6 Å². The predicted octanol–water partition coefficient (Wildman–Crippen LogP) is 1.32. The molecule has 0 spiro atoms. The second kappa shape index (κ2) is 5.90. The molecule has 1 aliphatic heterocycles. The molecule has 110 valence electrons. The van der Waals surface area contributed by atoms with E-state index in [0.29, 0.717) is 32.6 Å². The van der Waals surface area contributed by atoms with E-state index in [1.54, 1.807) is 11.8 Å². The number of amides is 2. The van der Waals surface area contributed by atoms with Crippen molar-refractivity contribution >= 4 is 11.8 Å². The van der Waals surface area contributed by atoms with Gasteiger partial charge in [0.2, 0.25) is 11.8 Å². The second-order valence-corrected chi connectivity index (χ2v) is 5.42. The van der Waals surface area contributed by atoms with Gasteiger partial charge in [0.1, 0.15) is 11.1 Å². The van der Waals surface area contributed by atoms with Crippen LogP contribution in [0.25, 0.3) is 0 Å². The van der Waals surface area contributed by atoms with Crippen molar-refractivity contribution in [2.45, 2.75) is 58.5 Å². The zero-order valence-electron chi connectivity index (χ0n) is 12.7. The number of piperazine rings is 1. The van der Waals surface area contributed by atoms with Gasteiger partial charge in [-0.1, -0.05) is 13.8 Å². The van der Waals surface area contributed by atoms with Gasteiger partial charge in [0.05, 0.1) is 6.61 Å². The average Bonchev–Trinajstić information content (AvgIpc) is 2.40. The van der Waals surface area contributed by atoms with Crippen molar-refractivity contribution in [1.29, 1.82) is 0 Å². The summed E-state index contributed by atoms with van der Waals surface area (Å²) >= 11 is 0. The standard InChI is InChI=1S/C14H26N2O3/c1-6-13(4)12(18)16(9-10-19-8-3)14(5,7-2)11(17)15-13/h6-10H2,1-5H3,(H,15,17). The molecule has 5 nitrogen and oxygen atoms in total. The maximum absolute atomic E-state index is 12.6. The van der Waals surface area contributed by atoms with Crippen molar-refractivity contribution in [3.8, 4) is 0 Å². The van der Waals surface area contributed by atoms with Crippen LogP contribution in [-0.2, 0) is 14.3 Å². The molecular weight excluding hydrogens is 244 g/mol. The van der Waals surface area contributed by atoms with Gasteiger partial charge >= 0.3 is 0 Å². The van der Waals surface area contributed by atoms with Crippen molar-refractivity contribution in [2.24, 2.45) is 0 Å². The minimum atomic E-state index is -0.794. The lowest BCUT2D eigenvalue weighted by molar-refractivity contribution is -0.162. The monoisotopic (exact) mass is 270 g/mol. The largest absolute Gasteiger partial charge is 0.380 e. The Morgan fingerprint density at radius 2 is 1.79 bits per heavy atom. The Labute approximate surface area is 115 Å². The molecule has 0 bridgehead atoms. The summed E-state index contributed by atoms with van der Waals surface area (Å²) in [6.45, 7) is 10.9. The van der Waals surface area contributed by atoms with E-state index in [-0.39, 0.29) is 11.8 Å². The van der Waals surface area contributed by atoms with E-state index in [9.17, 15) is 9.59 Å². The van der Waals surface area contributed by atoms with Gasteiger partial charge in [-0.25, -0.2) is 0 Å². The van der Waals surface area contributed by atoms with E-state index in [0.717, 1.165) is 0 Å². The van der Waals surface area contributed by atoms with E-state index in [4.69, 9.17) is 4.74 Å². The van der Waals surface area contributed by atoms with Crippen LogP contribution in [0, 0.1) is 0 Å². The smallest absolute Gasteiger partial charge is 0.248 e. The number of rotatable bonds is 6. The molecule has 1 rings (SSSR count). The summed E-state index contributed by atoms with van der Waals surface area (Å²) in [6.07, 6.45) is 1.18. The van der Waals surface area contributed by atoms with Gasteiger partial charge in [-0.3, -0.25) is 9.59 Å². The topological polar surface area (TPSA) is 58.6 Å². The SMILES string of the molecule is CCOCCN1C(=O)C(C)(CC)NC(=O)C1(C)CC. The van der Waals surface area contributed by atoms with Gasteiger partial charge in [-0.05, 0) is 33.6 Å². The molecule has 0 aliphatic carbocycles. The van der Waals surface area contributed by atoms with E-state index < -0.39 is 11.1 Å². The highest BCUT2D eigenvalue weighted by molar-refractivity contribution is 6.01. The first-order chi connectivity index (χ1) is 8.85. The van der Waals surface area contributed by atoms with Crippen LogP contribution < -0.4 is 5.32 Å². The summed E-state index contributed by atoms with van der Waals surface area (Å²) < 4.78 is 5.33. The summed E-state index contributed by atoms with van der Waals surface area (Å²) in [4.78, 5) is 26.7. The maximum Gasteiger partial charge on any atom is 0.248 e. The van der Waals surface area contributed by atoms with Gasteiger partial charge < -0.3 is 15.0 Å². The first kappa shape index (κ1) is 16.0. The van der Waals surface area contributed by atoms with Crippen LogP contribution in [0.5, 0.6) is 0 Å². The fraction of sp³-hybridized carbons (Fsp3) is 0.857. The molecule has 0 radical (unpaired) electrons. The molecule has 1 heterocycles. The Kier molecular flexibility index (Phi) is 4.96. The molecule has 2 amide bonds. The molecule has 1 aliphatic rings. The molecule has 5 heteroatoms. The zero-order valence-corrected chi connectivity index (χ0v) is 12.7. The minimum absolute atomic E-state index is 0.0151. The average molecular weight is 270 g/mol. The van der Waals surface area contributed by atoms with Crippen LogP contribution in [0.1, 0.15) is 47.5 Å². The van der Waals surface area contributed by atoms with Crippen LogP contribution in [0.15, 0.2) is 0 Å². The number of nitrogens with zero attached hydrogens (tertiary/aromatic N) is 1. The fourth-order valence-electron chi connectivity index (χ4n) is 2.32. The number of carbonyl (C=O) groups is 2. The molecule has 0 saturated carbocycles. The summed E-state index contributed by atoms with van der Waals surface area (Å²) in [7, 11) is 0. The molecule has 1 saturated heterocycles. The van der Waals surface area contributed by atoms with Gasteiger partial charge in [-0.2, -0.15) is 0 Å². The van der Waals surface area contributed by atoms with Crippen molar-refractivity contribution in [3.63, 3.8) is 0 Å². The van der Waals surface area contributed by atoms with E-state index in [2.05, 4.69) is 5.32 Å². The normalized spacial score (nSPS) is 31.5. The number of carbonyl (C=O) groups excluding carboxylic acids is 2. The van der Waals surface area contributed by atoms with Gasteiger partial charge in [-0.15, -0.1) is 0 Å². The number of hydrogen-bond donors (Lipinski definition) is 1. The molecule has 19 heavy (non-hydrogen) atoms. The maximum atomic E-state index is 12.6. The molecule has 0 aromatic rings. The lowest BCUT2D eigenvalue weighted by atomic mass is 9.84. The molecule has 1 N–H and O–H groups in total. The summed E-state index contributed by atoms with van der Waals surface area (Å²) in [6, 6.07) is 0. The second-order valence-electron chi connectivity index (χ2n) is 5.42. The van der Waals surface area contributed by atoms with Crippen LogP contribution in [0.4, 0.5) is 0 Å². The van der Waals surface area contributed by atoms with E-state index >= 15 is 0 Å².